The van der Waals surface area contributed by atoms with Crippen LogP contribution in [0.5, 0.6) is 0 Å². The fourth-order valence-corrected chi connectivity index (χ4v) is 3.39. The lowest BCUT2D eigenvalue weighted by Gasteiger charge is -2.12. The summed E-state index contributed by atoms with van der Waals surface area (Å²) < 4.78 is 0. The smallest absolute Gasteiger partial charge is 0.247 e. The number of aromatic nitrogens is 4. The zero-order chi connectivity index (χ0) is 24.7. The molecule has 2 heterocycles. The van der Waals surface area contributed by atoms with Gasteiger partial charge in [0.2, 0.25) is 11.9 Å². The Labute approximate surface area is 200 Å². The molecule has 0 bridgehead atoms. The Morgan fingerprint density at radius 2 is 2.00 bits per heavy atom. The lowest BCUT2D eigenvalue weighted by Crippen LogP contribution is -2.23. The fourth-order valence-electron chi connectivity index (χ4n) is 3.39. The van der Waals surface area contributed by atoms with Gasteiger partial charge in [0.25, 0.3) is 0 Å². The molecule has 3 N–H and O–H groups in total. The average Bonchev–Trinajstić information content (AvgIpc) is 3.23. The van der Waals surface area contributed by atoms with Gasteiger partial charge in [-0.2, -0.15) is 5.10 Å². The first-order valence-electron chi connectivity index (χ1n) is 11.1. The molecule has 0 aliphatic carbocycles. The third kappa shape index (κ3) is 6.04. The van der Waals surface area contributed by atoms with Crippen molar-refractivity contribution < 1.29 is 4.79 Å². The van der Waals surface area contributed by atoms with Gasteiger partial charge in [-0.3, -0.25) is 14.9 Å². The van der Waals surface area contributed by atoms with E-state index in [1.807, 2.05) is 71.9 Å². The Balaban J connectivity index is 1.81. The molecule has 0 saturated heterocycles. The summed E-state index contributed by atoms with van der Waals surface area (Å²) in [6.07, 6.45) is 8.98. The summed E-state index contributed by atoms with van der Waals surface area (Å²) in [5, 5.41) is 13.1. The van der Waals surface area contributed by atoms with Gasteiger partial charge < -0.3 is 10.6 Å². The van der Waals surface area contributed by atoms with Crippen molar-refractivity contribution in [2.24, 2.45) is 4.99 Å². The number of carbonyl (C=O) groups excluding carboxylic acids is 1. The molecule has 2 aromatic heterocycles. The average molecular weight is 458 g/mol. The van der Waals surface area contributed by atoms with Crippen molar-refractivity contribution in [2.45, 2.75) is 48.1 Å². The highest BCUT2D eigenvalue weighted by Crippen LogP contribution is 2.25. The zero-order valence-corrected chi connectivity index (χ0v) is 20.5. The Morgan fingerprint density at radius 3 is 2.68 bits per heavy atom. The molecular formula is C26H31N7O. The molecule has 3 rings (SSSR count). The number of nitrogens with zero attached hydrogens (tertiary/aromatic N) is 4. The standard InChI is InChI=1S/C26H31N7O/c1-7-23(27-8-2)24-9-10-28-26(32-24)31-22-12-16(3)18(5)20(13-22)11-17(4)25(34)29-14-21-15-30-33-19(21)6/h7-13,15H,14H2,1-6H3,(H,29,34)(H,30,33)(H,28,31,32)/b17-11+,23-7-,27-8?. The van der Waals surface area contributed by atoms with Crippen LogP contribution in [0.2, 0.25) is 0 Å². The van der Waals surface area contributed by atoms with Crippen LogP contribution in [0.25, 0.3) is 11.8 Å². The van der Waals surface area contributed by atoms with Crippen LogP contribution in [0.4, 0.5) is 11.6 Å². The second kappa shape index (κ2) is 11.2. The number of H-pyrrole nitrogens is 1. The number of anilines is 2. The van der Waals surface area contributed by atoms with E-state index in [0.717, 1.165) is 45.0 Å². The lowest BCUT2D eigenvalue weighted by molar-refractivity contribution is -0.117. The van der Waals surface area contributed by atoms with Gasteiger partial charge in [-0.25, -0.2) is 9.97 Å². The van der Waals surface area contributed by atoms with Crippen molar-refractivity contribution in [1.82, 2.24) is 25.5 Å². The molecule has 0 aliphatic heterocycles. The minimum absolute atomic E-state index is 0.123. The van der Waals surface area contributed by atoms with Crippen molar-refractivity contribution in [3.8, 4) is 0 Å². The Kier molecular flexibility index (Phi) is 8.08. The summed E-state index contributed by atoms with van der Waals surface area (Å²) in [6, 6.07) is 5.87. The summed E-state index contributed by atoms with van der Waals surface area (Å²) in [5.41, 5.74) is 8.05. The summed E-state index contributed by atoms with van der Waals surface area (Å²) in [6.45, 7) is 12.0. The number of benzene rings is 1. The van der Waals surface area contributed by atoms with Crippen LogP contribution < -0.4 is 10.6 Å². The molecular weight excluding hydrogens is 426 g/mol. The van der Waals surface area contributed by atoms with Crippen LogP contribution in [-0.4, -0.2) is 32.3 Å². The predicted molar refractivity (Wildman–Crippen MR) is 138 cm³/mol. The topological polar surface area (TPSA) is 108 Å². The van der Waals surface area contributed by atoms with E-state index in [1.165, 1.54) is 0 Å². The quantitative estimate of drug-likeness (QED) is 0.324. The van der Waals surface area contributed by atoms with E-state index >= 15 is 0 Å². The maximum Gasteiger partial charge on any atom is 0.247 e. The van der Waals surface area contributed by atoms with Crippen LogP contribution in [0, 0.1) is 20.8 Å². The fraction of sp³-hybridized carbons (Fsp3) is 0.269. The highest BCUT2D eigenvalue weighted by atomic mass is 16.1. The number of rotatable bonds is 8. The lowest BCUT2D eigenvalue weighted by atomic mass is 10.00. The third-order valence-electron chi connectivity index (χ3n) is 5.53. The number of carbonyl (C=O) groups is 1. The maximum absolute atomic E-state index is 12.6. The summed E-state index contributed by atoms with van der Waals surface area (Å²) in [7, 11) is 0. The third-order valence-corrected chi connectivity index (χ3v) is 5.53. The maximum atomic E-state index is 12.6. The largest absolute Gasteiger partial charge is 0.348 e. The monoisotopic (exact) mass is 457 g/mol. The number of hydrogen-bond donors (Lipinski definition) is 3. The summed E-state index contributed by atoms with van der Waals surface area (Å²) >= 11 is 0. The van der Waals surface area contributed by atoms with Crippen molar-refractivity contribution in [1.29, 1.82) is 0 Å². The van der Waals surface area contributed by atoms with Crippen LogP contribution in [0.15, 0.2) is 47.2 Å². The minimum Gasteiger partial charge on any atom is -0.348 e. The molecule has 0 unspecified atom stereocenters. The van der Waals surface area contributed by atoms with Crippen molar-refractivity contribution >= 4 is 35.5 Å². The molecule has 0 aliphatic rings. The Hall–Kier alpha value is -4.07. The van der Waals surface area contributed by atoms with E-state index in [9.17, 15) is 4.79 Å². The van der Waals surface area contributed by atoms with E-state index < -0.39 is 0 Å². The zero-order valence-electron chi connectivity index (χ0n) is 20.5. The second-order valence-electron chi connectivity index (χ2n) is 7.99. The van der Waals surface area contributed by atoms with Crippen LogP contribution >= 0.6 is 0 Å². The van der Waals surface area contributed by atoms with Gasteiger partial charge in [0.15, 0.2) is 0 Å². The molecule has 8 nitrogen and oxygen atoms in total. The predicted octanol–water partition coefficient (Wildman–Crippen LogP) is 5.04. The molecule has 34 heavy (non-hydrogen) atoms. The normalized spacial score (nSPS) is 12.3. The van der Waals surface area contributed by atoms with E-state index in [4.69, 9.17) is 0 Å². The Morgan fingerprint density at radius 1 is 1.21 bits per heavy atom. The first-order valence-corrected chi connectivity index (χ1v) is 11.1. The van der Waals surface area contributed by atoms with Gasteiger partial charge in [0.05, 0.1) is 17.6 Å². The molecule has 1 aromatic carbocycles. The van der Waals surface area contributed by atoms with Gasteiger partial charge in [0, 0.05) is 41.5 Å². The molecule has 0 saturated carbocycles. The molecule has 0 spiro atoms. The molecule has 8 heteroatoms. The minimum atomic E-state index is -0.123. The van der Waals surface area contributed by atoms with E-state index in [0.29, 0.717) is 18.1 Å². The molecule has 0 radical (unpaired) electrons. The van der Waals surface area contributed by atoms with Gasteiger partial charge in [0.1, 0.15) is 0 Å². The number of hydrogen-bond acceptors (Lipinski definition) is 6. The highest BCUT2D eigenvalue weighted by molar-refractivity contribution is 5.97. The van der Waals surface area contributed by atoms with Crippen LogP contribution in [0.1, 0.15) is 54.4 Å². The SMILES string of the molecule is CC=N/C(=C\C)c1ccnc(Nc2cc(C)c(C)c(/C=C(\C)C(=O)NCc3cn[nH]c3C)c2)n1. The van der Waals surface area contributed by atoms with Crippen LogP contribution in [-0.2, 0) is 11.3 Å². The van der Waals surface area contributed by atoms with Gasteiger partial charge >= 0.3 is 0 Å². The van der Waals surface area contributed by atoms with Gasteiger partial charge in [-0.1, -0.05) is 6.08 Å². The molecule has 1 amide bonds. The number of amides is 1. The van der Waals surface area contributed by atoms with E-state index in [2.05, 4.69) is 35.8 Å². The first-order chi connectivity index (χ1) is 16.3. The Bertz CT molecular complexity index is 1270. The molecule has 176 valence electrons. The van der Waals surface area contributed by atoms with E-state index in [1.54, 1.807) is 18.6 Å². The summed E-state index contributed by atoms with van der Waals surface area (Å²) in [4.78, 5) is 25.9. The van der Waals surface area contributed by atoms with Gasteiger partial charge in [-0.15, -0.1) is 0 Å². The molecule has 0 atom stereocenters. The van der Waals surface area contributed by atoms with Crippen molar-refractivity contribution in [3.63, 3.8) is 0 Å². The van der Waals surface area contributed by atoms with Gasteiger partial charge in [-0.05, 0) is 82.5 Å². The number of allylic oxidation sites excluding steroid dienone is 1. The molecule has 3 aromatic rings. The number of nitrogens with one attached hydrogen (secondary N) is 3. The van der Waals surface area contributed by atoms with Crippen molar-refractivity contribution in [3.05, 3.63) is 75.9 Å². The van der Waals surface area contributed by atoms with Crippen molar-refractivity contribution in [2.75, 3.05) is 5.32 Å². The van der Waals surface area contributed by atoms with Crippen LogP contribution in [0.3, 0.4) is 0 Å². The molecule has 0 fully saturated rings. The first kappa shape index (κ1) is 24.6. The number of aromatic amines is 1. The second-order valence-corrected chi connectivity index (χ2v) is 7.99. The summed E-state index contributed by atoms with van der Waals surface area (Å²) in [5.74, 6) is 0.355. The highest BCUT2D eigenvalue weighted by Gasteiger charge is 2.10. The number of aliphatic imine (C=N–C) groups is 1. The number of aryl methyl sites for hydroxylation is 2. The van der Waals surface area contributed by atoms with E-state index in [-0.39, 0.29) is 5.91 Å².